The lowest BCUT2D eigenvalue weighted by molar-refractivity contribution is -0.115. The van der Waals surface area contributed by atoms with E-state index in [1.165, 1.54) is 6.08 Å². The molecule has 0 saturated carbocycles. The lowest BCUT2D eigenvalue weighted by atomic mass is 10.4. The van der Waals surface area contributed by atoms with Gasteiger partial charge in [0.2, 0.25) is 0 Å². The number of aryl methyl sites for hydroxylation is 1. The molecule has 2 N–H and O–H groups in total. The first-order valence-electron chi connectivity index (χ1n) is 3.94. The van der Waals surface area contributed by atoms with E-state index in [1.54, 1.807) is 6.92 Å². The number of thioether (sulfide) groups is 1. The highest BCUT2D eigenvalue weighted by molar-refractivity contribution is 8.26. The van der Waals surface area contributed by atoms with Crippen LogP contribution in [0.1, 0.15) is 11.6 Å². The predicted molar refractivity (Wildman–Crippen MR) is 58.3 cm³/mol. The summed E-state index contributed by atoms with van der Waals surface area (Å²) >= 11 is 5.96. The van der Waals surface area contributed by atoms with E-state index >= 15 is 0 Å². The largest absolute Gasteiger partial charge is 0.410 e. The number of aromatic nitrogens is 3. The molecule has 1 amide bonds. The van der Waals surface area contributed by atoms with Crippen molar-refractivity contribution in [1.29, 1.82) is 0 Å². The maximum absolute atomic E-state index is 11.3. The molecule has 6 nitrogen and oxygen atoms in total. The average molecular weight is 242 g/mol. The Bertz CT molecular complexity index is 460. The fraction of sp³-hybridized carbons (Fsp3) is 0.143. The molecule has 0 unspecified atom stereocenters. The SMILES string of the molecule is Cc1nc(/C=C2\SC(=S)NC2=O)nn1O. The number of hydrogen-bond donors (Lipinski definition) is 2. The summed E-state index contributed by atoms with van der Waals surface area (Å²) in [6, 6.07) is 0. The van der Waals surface area contributed by atoms with Crippen molar-refractivity contribution in [2.24, 2.45) is 0 Å². The number of carbonyl (C=O) groups is 1. The van der Waals surface area contributed by atoms with Crippen LogP contribution in [0.4, 0.5) is 0 Å². The maximum Gasteiger partial charge on any atom is 0.263 e. The zero-order valence-corrected chi connectivity index (χ0v) is 9.22. The fourth-order valence-electron chi connectivity index (χ4n) is 1.00. The molecular formula is C7H6N4O2S2. The van der Waals surface area contributed by atoms with Crippen LogP contribution in [-0.4, -0.2) is 30.4 Å². The summed E-state index contributed by atoms with van der Waals surface area (Å²) in [7, 11) is 0. The van der Waals surface area contributed by atoms with Crippen LogP contribution in [0.25, 0.3) is 6.08 Å². The van der Waals surface area contributed by atoms with Crippen LogP contribution in [0.2, 0.25) is 0 Å². The molecule has 0 aromatic carbocycles. The molecule has 78 valence electrons. The second kappa shape index (κ2) is 3.63. The number of nitrogens with one attached hydrogen (secondary N) is 1. The highest BCUT2D eigenvalue weighted by Gasteiger charge is 2.22. The van der Waals surface area contributed by atoms with E-state index in [4.69, 9.17) is 17.4 Å². The summed E-state index contributed by atoms with van der Waals surface area (Å²) in [4.78, 5) is 16.3. The van der Waals surface area contributed by atoms with Crippen LogP contribution >= 0.6 is 24.0 Å². The third-order valence-corrected chi connectivity index (χ3v) is 2.83. The van der Waals surface area contributed by atoms with Crippen molar-refractivity contribution in [2.75, 3.05) is 0 Å². The van der Waals surface area contributed by atoms with Crippen LogP contribution in [-0.2, 0) is 4.79 Å². The van der Waals surface area contributed by atoms with Gasteiger partial charge in [-0.05, 0) is 6.92 Å². The number of amides is 1. The van der Waals surface area contributed by atoms with Gasteiger partial charge < -0.3 is 10.5 Å². The zero-order valence-electron chi connectivity index (χ0n) is 7.59. The van der Waals surface area contributed by atoms with Gasteiger partial charge in [-0.25, -0.2) is 4.98 Å². The number of carbonyl (C=O) groups excluding carboxylic acids is 1. The summed E-state index contributed by atoms with van der Waals surface area (Å²) in [5.74, 6) is 0.363. The zero-order chi connectivity index (χ0) is 11.0. The van der Waals surface area contributed by atoms with E-state index in [2.05, 4.69) is 15.4 Å². The Morgan fingerprint density at radius 3 is 2.87 bits per heavy atom. The minimum absolute atomic E-state index is 0.267. The highest BCUT2D eigenvalue weighted by atomic mass is 32.2. The molecule has 15 heavy (non-hydrogen) atoms. The molecule has 0 spiro atoms. The monoisotopic (exact) mass is 242 g/mol. The van der Waals surface area contributed by atoms with Gasteiger partial charge in [-0.15, -0.1) is 5.10 Å². The molecule has 8 heteroatoms. The lowest BCUT2D eigenvalue weighted by Crippen LogP contribution is -2.17. The molecule has 1 aliphatic heterocycles. The second-order valence-corrected chi connectivity index (χ2v) is 4.48. The Morgan fingerprint density at radius 1 is 1.67 bits per heavy atom. The van der Waals surface area contributed by atoms with Crippen molar-refractivity contribution in [3.8, 4) is 0 Å². The van der Waals surface area contributed by atoms with Crippen molar-refractivity contribution in [3.63, 3.8) is 0 Å². The Hall–Kier alpha value is -1.41. The van der Waals surface area contributed by atoms with Gasteiger partial charge >= 0.3 is 0 Å². The molecule has 0 bridgehead atoms. The van der Waals surface area contributed by atoms with Gasteiger partial charge in [0.1, 0.15) is 4.32 Å². The fourth-order valence-corrected chi connectivity index (χ4v) is 2.02. The van der Waals surface area contributed by atoms with Gasteiger partial charge in [0.25, 0.3) is 5.91 Å². The Kier molecular flexibility index (Phi) is 2.45. The van der Waals surface area contributed by atoms with E-state index in [0.717, 1.165) is 11.8 Å². The van der Waals surface area contributed by atoms with Gasteiger partial charge in [-0.3, -0.25) is 4.79 Å². The summed E-state index contributed by atoms with van der Waals surface area (Å²) in [5, 5.41) is 15.3. The average Bonchev–Trinajstić information content (AvgIpc) is 2.59. The highest BCUT2D eigenvalue weighted by Crippen LogP contribution is 2.24. The second-order valence-electron chi connectivity index (χ2n) is 2.76. The van der Waals surface area contributed by atoms with Crippen molar-refractivity contribution in [3.05, 3.63) is 16.6 Å². The number of rotatable bonds is 1. The van der Waals surface area contributed by atoms with Crippen LogP contribution in [0.15, 0.2) is 4.91 Å². The first kappa shape index (κ1) is 10.1. The van der Waals surface area contributed by atoms with Gasteiger partial charge in [0.15, 0.2) is 11.6 Å². The summed E-state index contributed by atoms with van der Waals surface area (Å²) in [5.41, 5.74) is 0. The van der Waals surface area contributed by atoms with Crippen LogP contribution in [0.3, 0.4) is 0 Å². The third kappa shape index (κ3) is 2.00. The van der Waals surface area contributed by atoms with Crippen molar-refractivity contribution in [1.82, 2.24) is 20.2 Å². The standard InChI is InChI=1S/C7H6N4O2S2/c1-3-8-5(10-11(3)13)2-4-6(12)9-7(14)15-4/h2,13H,1H3,(H,9,12,14)/b4-2-. The normalized spacial score (nSPS) is 18.6. The third-order valence-electron chi connectivity index (χ3n) is 1.67. The summed E-state index contributed by atoms with van der Waals surface area (Å²) in [6.07, 6.45) is 1.47. The van der Waals surface area contributed by atoms with Crippen LogP contribution < -0.4 is 5.32 Å². The molecule has 1 aromatic rings. The molecule has 0 aliphatic carbocycles. The first-order chi connectivity index (χ1) is 7.06. The van der Waals surface area contributed by atoms with Crippen molar-refractivity contribution >= 4 is 40.3 Å². The van der Waals surface area contributed by atoms with Gasteiger partial charge in [-0.1, -0.05) is 28.8 Å². The Morgan fingerprint density at radius 2 is 2.40 bits per heavy atom. The van der Waals surface area contributed by atoms with E-state index < -0.39 is 0 Å². The number of hydrogen-bond acceptors (Lipinski definition) is 6. The number of thiocarbonyl (C=S) groups is 1. The Balaban J connectivity index is 2.30. The van der Waals surface area contributed by atoms with E-state index in [9.17, 15) is 4.79 Å². The molecule has 0 atom stereocenters. The topological polar surface area (TPSA) is 80.0 Å². The molecule has 1 saturated heterocycles. The summed E-state index contributed by atoms with van der Waals surface area (Å²) in [6.45, 7) is 1.60. The molecule has 0 radical (unpaired) electrons. The van der Waals surface area contributed by atoms with Crippen LogP contribution in [0.5, 0.6) is 0 Å². The van der Waals surface area contributed by atoms with Crippen molar-refractivity contribution < 1.29 is 10.0 Å². The Labute approximate surface area is 94.3 Å². The first-order valence-corrected chi connectivity index (χ1v) is 5.16. The van der Waals surface area contributed by atoms with Crippen molar-refractivity contribution in [2.45, 2.75) is 6.92 Å². The molecule has 1 aromatic heterocycles. The van der Waals surface area contributed by atoms with Crippen LogP contribution in [0, 0.1) is 6.92 Å². The summed E-state index contributed by atoms with van der Waals surface area (Å²) < 4.78 is 0.409. The van der Waals surface area contributed by atoms with Gasteiger partial charge in [0.05, 0.1) is 4.91 Å². The molecule has 1 fully saturated rings. The van der Waals surface area contributed by atoms with Gasteiger partial charge in [0, 0.05) is 6.08 Å². The number of nitrogens with zero attached hydrogens (tertiary/aromatic N) is 3. The van der Waals surface area contributed by atoms with Gasteiger partial charge in [-0.2, -0.15) is 0 Å². The molecule has 2 heterocycles. The van der Waals surface area contributed by atoms with E-state index in [1.807, 2.05) is 0 Å². The lowest BCUT2D eigenvalue weighted by Gasteiger charge is -1.86. The van der Waals surface area contributed by atoms with E-state index in [-0.39, 0.29) is 11.7 Å². The minimum atomic E-state index is -0.267. The predicted octanol–water partition coefficient (Wildman–Crippen LogP) is 0.313. The quantitative estimate of drug-likeness (QED) is 0.419. The molecule has 2 rings (SSSR count). The van der Waals surface area contributed by atoms with E-state index in [0.29, 0.717) is 19.9 Å². The minimum Gasteiger partial charge on any atom is -0.410 e. The maximum atomic E-state index is 11.3. The molecular weight excluding hydrogens is 236 g/mol. The smallest absolute Gasteiger partial charge is 0.263 e. The molecule has 1 aliphatic rings.